The maximum atomic E-state index is 7.51. The molecule has 0 radical (unpaired) electrons. The molecular weight excluding hydrogens is 689 g/mol. The van der Waals surface area contributed by atoms with Gasteiger partial charge in [0.15, 0.2) is 0 Å². The van der Waals surface area contributed by atoms with Gasteiger partial charge in [-0.2, -0.15) is 0 Å². The zero-order valence-electron chi connectivity index (χ0n) is 33.2. The van der Waals surface area contributed by atoms with Gasteiger partial charge >= 0.3 is 0 Å². The highest BCUT2D eigenvalue weighted by molar-refractivity contribution is 7.00. The summed E-state index contributed by atoms with van der Waals surface area (Å²) in [7, 11) is -3.83. The molecule has 53 heavy (non-hydrogen) atoms. The fourth-order valence-corrected chi connectivity index (χ4v) is 16.2. The fourth-order valence-electron chi connectivity index (χ4n) is 7.10. The third-order valence-corrected chi connectivity index (χ3v) is 19.8. The van der Waals surface area contributed by atoms with E-state index in [1.54, 1.807) is 7.11 Å². The van der Waals surface area contributed by atoms with E-state index in [0.29, 0.717) is 19.8 Å². The van der Waals surface area contributed by atoms with Crippen molar-refractivity contribution in [3.63, 3.8) is 0 Å². The van der Waals surface area contributed by atoms with E-state index in [9.17, 15) is 0 Å². The van der Waals surface area contributed by atoms with Gasteiger partial charge in [-0.05, 0) is 50.6 Å². The van der Waals surface area contributed by atoms with Crippen molar-refractivity contribution < 1.29 is 23.1 Å². The molecule has 0 heterocycles. The van der Waals surface area contributed by atoms with Crippen LogP contribution in [0.2, 0.25) is 10.1 Å². The minimum absolute atomic E-state index is 0.0847. The first-order chi connectivity index (χ1) is 25.5. The van der Waals surface area contributed by atoms with Gasteiger partial charge in [0.2, 0.25) is 0 Å². The van der Waals surface area contributed by atoms with Crippen molar-refractivity contribution in [2.45, 2.75) is 77.5 Å². The van der Waals surface area contributed by atoms with Crippen LogP contribution in [0.3, 0.4) is 0 Å². The minimum Gasteiger partial charge on any atom is -0.404 e. The van der Waals surface area contributed by atoms with Crippen molar-refractivity contribution >= 4 is 37.4 Å². The van der Waals surface area contributed by atoms with Crippen LogP contribution in [0.25, 0.3) is 0 Å². The Balaban J connectivity index is 1.62. The molecule has 0 unspecified atom stereocenters. The smallest absolute Gasteiger partial charge is 0.262 e. The molecule has 0 fully saturated rings. The molecule has 0 aromatic heterocycles. The van der Waals surface area contributed by atoms with Crippen LogP contribution in [0.5, 0.6) is 0 Å². The van der Waals surface area contributed by atoms with Crippen molar-refractivity contribution in [1.82, 2.24) is 0 Å². The van der Waals surface area contributed by atoms with E-state index in [1.165, 1.54) is 26.3 Å². The second-order valence-corrected chi connectivity index (χ2v) is 24.1. The van der Waals surface area contributed by atoms with Crippen LogP contribution in [0.4, 0.5) is 0 Å². The van der Waals surface area contributed by atoms with Gasteiger partial charge in [-0.25, -0.2) is 0 Å². The number of rotatable bonds is 18. The van der Waals surface area contributed by atoms with Crippen LogP contribution in [0.15, 0.2) is 133 Å². The SMILES string of the molecule is COCCOCOCC#C[C@H](CC/C(C)=C/CO[Si](c1ccccc1)(c1ccccc1)C(C)(C)C)O[Si](c1ccccc1)(c1ccccc1)C(C)(C)C. The number of ether oxygens (including phenoxy) is 3. The molecule has 1 atom stereocenters. The Bertz CT molecular complexity index is 1640. The molecule has 7 heteroatoms. The van der Waals surface area contributed by atoms with Crippen LogP contribution in [-0.2, 0) is 23.1 Å². The van der Waals surface area contributed by atoms with Gasteiger partial charge in [-0.3, -0.25) is 0 Å². The Morgan fingerprint density at radius 3 is 1.53 bits per heavy atom. The molecule has 0 aliphatic carbocycles. The summed E-state index contributed by atoms with van der Waals surface area (Å²) in [4.78, 5) is 0. The summed E-state index contributed by atoms with van der Waals surface area (Å²) in [5.74, 6) is 6.76. The van der Waals surface area contributed by atoms with E-state index in [2.05, 4.69) is 188 Å². The minimum atomic E-state index is -2.84. The van der Waals surface area contributed by atoms with Gasteiger partial charge in [0.05, 0.1) is 19.8 Å². The molecule has 282 valence electrons. The topological polar surface area (TPSA) is 46.2 Å². The monoisotopic (exact) mass is 748 g/mol. The second kappa shape index (κ2) is 20.2. The van der Waals surface area contributed by atoms with Crippen LogP contribution >= 0.6 is 0 Å². The summed E-state index contributed by atoms with van der Waals surface area (Å²) >= 11 is 0. The Morgan fingerprint density at radius 1 is 0.642 bits per heavy atom. The maximum Gasteiger partial charge on any atom is 0.262 e. The Labute approximate surface area is 322 Å². The molecular formula is C46H60O5Si2. The molecule has 4 aromatic carbocycles. The lowest BCUT2D eigenvalue weighted by atomic mass is 10.1. The van der Waals surface area contributed by atoms with E-state index >= 15 is 0 Å². The Morgan fingerprint density at radius 2 is 1.09 bits per heavy atom. The van der Waals surface area contributed by atoms with Crippen molar-refractivity contribution in [1.29, 1.82) is 0 Å². The summed E-state index contributed by atoms with van der Waals surface area (Å²) in [6.07, 6.45) is 3.50. The van der Waals surface area contributed by atoms with E-state index in [4.69, 9.17) is 23.1 Å². The Kier molecular flexibility index (Phi) is 16.1. The van der Waals surface area contributed by atoms with Crippen LogP contribution in [0.1, 0.15) is 61.3 Å². The first-order valence-corrected chi connectivity index (χ1v) is 22.6. The first-order valence-electron chi connectivity index (χ1n) is 18.8. The van der Waals surface area contributed by atoms with Crippen LogP contribution in [-0.4, -0.2) is 63.1 Å². The summed E-state index contributed by atoms with van der Waals surface area (Å²) in [5, 5.41) is 4.78. The molecule has 0 bridgehead atoms. The van der Waals surface area contributed by atoms with Gasteiger partial charge in [0.25, 0.3) is 16.6 Å². The lowest BCUT2D eigenvalue weighted by molar-refractivity contribution is -0.0557. The molecule has 0 N–H and O–H groups in total. The molecule has 0 aliphatic rings. The maximum absolute atomic E-state index is 7.51. The zero-order valence-corrected chi connectivity index (χ0v) is 35.2. The van der Waals surface area contributed by atoms with E-state index in [0.717, 1.165) is 12.8 Å². The normalized spacial score (nSPS) is 13.3. The molecule has 5 nitrogen and oxygen atoms in total. The van der Waals surface area contributed by atoms with Crippen molar-refractivity contribution in [2.24, 2.45) is 0 Å². The third kappa shape index (κ3) is 11.0. The standard InChI is InChI=1S/C46H60O5Si2/c1-39(33-35-50-52(45(2,3)4,41-23-13-9-14-24-41)42-25-15-10-16-26-42)31-32-40(22-21-34-48-38-49-37-36-47-8)51-53(46(5,6)7,43-27-17-11-18-28-43)44-29-19-12-20-30-44/h9-20,23-30,33,40H,31-32,34-38H2,1-8H3/b39-33+/t40-/m1/s1. The molecule has 0 aliphatic heterocycles. The fraction of sp³-hybridized carbons (Fsp3) is 0.391. The largest absolute Gasteiger partial charge is 0.404 e. The van der Waals surface area contributed by atoms with Gasteiger partial charge in [-0.15, -0.1) is 0 Å². The van der Waals surface area contributed by atoms with Crippen LogP contribution in [0, 0.1) is 11.8 Å². The number of hydrogen-bond donors (Lipinski definition) is 0. The van der Waals surface area contributed by atoms with Gasteiger partial charge in [-0.1, -0.05) is 186 Å². The summed E-state index contributed by atoms with van der Waals surface area (Å²) in [5.41, 5.74) is 1.25. The average Bonchev–Trinajstić information content (AvgIpc) is 3.15. The molecule has 0 spiro atoms. The van der Waals surface area contributed by atoms with Gasteiger partial charge < -0.3 is 23.1 Å². The average molecular weight is 749 g/mol. The predicted molar refractivity (Wildman–Crippen MR) is 225 cm³/mol. The van der Waals surface area contributed by atoms with Crippen molar-refractivity contribution in [2.75, 3.05) is 40.3 Å². The van der Waals surface area contributed by atoms with E-state index in [-0.39, 0.29) is 29.6 Å². The van der Waals surface area contributed by atoms with E-state index in [1.807, 2.05) is 0 Å². The molecule has 0 saturated heterocycles. The number of benzene rings is 4. The Hall–Kier alpha value is -3.59. The lowest BCUT2D eigenvalue weighted by Gasteiger charge is -2.44. The van der Waals surface area contributed by atoms with Gasteiger partial charge in [0, 0.05) is 7.11 Å². The highest BCUT2D eigenvalue weighted by Gasteiger charge is 2.52. The van der Waals surface area contributed by atoms with Gasteiger partial charge in [0.1, 0.15) is 19.5 Å². The molecule has 4 aromatic rings. The highest BCUT2D eigenvalue weighted by Crippen LogP contribution is 2.39. The number of methoxy groups -OCH3 is 1. The number of hydrogen-bond acceptors (Lipinski definition) is 5. The second-order valence-electron chi connectivity index (χ2n) is 15.5. The third-order valence-electron chi connectivity index (χ3n) is 9.72. The summed E-state index contributed by atoms with van der Waals surface area (Å²) in [6.45, 7) is 18.0. The molecule has 0 saturated carbocycles. The van der Waals surface area contributed by atoms with Crippen LogP contribution < -0.4 is 20.7 Å². The lowest BCUT2D eigenvalue weighted by Crippen LogP contribution is -2.67. The van der Waals surface area contributed by atoms with Crippen molar-refractivity contribution in [3.05, 3.63) is 133 Å². The predicted octanol–water partition coefficient (Wildman–Crippen LogP) is 7.88. The van der Waals surface area contributed by atoms with Crippen molar-refractivity contribution in [3.8, 4) is 11.8 Å². The zero-order chi connectivity index (χ0) is 38.2. The molecule has 0 amide bonds. The van der Waals surface area contributed by atoms with E-state index < -0.39 is 16.6 Å². The number of allylic oxidation sites excluding steroid dienone is 1. The molecule has 4 rings (SSSR count). The first kappa shape index (κ1) is 42.2. The highest BCUT2D eigenvalue weighted by atomic mass is 28.4. The summed E-state index contributed by atoms with van der Waals surface area (Å²) in [6, 6.07) is 43.1. The summed E-state index contributed by atoms with van der Waals surface area (Å²) < 4.78 is 30.9. The quantitative estimate of drug-likeness (QED) is 0.0341.